The van der Waals surface area contributed by atoms with Crippen LogP contribution in [-0.4, -0.2) is 11.0 Å². The van der Waals surface area contributed by atoms with Crippen molar-refractivity contribution in [1.82, 2.24) is 0 Å². The molecule has 0 amide bonds. The van der Waals surface area contributed by atoms with Crippen molar-refractivity contribution in [3.63, 3.8) is 0 Å². The van der Waals surface area contributed by atoms with E-state index in [9.17, 15) is 10.1 Å². The van der Waals surface area contributed by atoms with Gasteiger partial charge in [0, 0.05) is 18.2 Å². The van der Waals surface area contributed by atoms with Crippen molar-refractivity contribution in [2.24, 2.45) is 5.92 Å². The van der Waals surface area contributed by atoms with E-state index in [0.29, 0.717) is 17.0 Å². The molecule has 22 heavy (non-hydrogen) atoms. The Kier molecular flexibility index (Phi) is 4.29. The molecule has 114 valence electrons. The number of hydrogen-bond acceptors (Lipinski definition) is 3. The van der Waals surface area contributed by atoms with Gasteiger partial charge in [0.05, 0.1) is 15.6 Å². The summed E-state index contributed by atoms with van der Waals surface area (Å²) in [7, 11) is 0. The van der Waals surface area contributed by atoms with Crippen LogP contribution in [0.5, 0.6) is 0 Å². The average molecular weight is 317 g/mol. The van der Waals surface area contributed by atoms with Crippen LogP contribution in [-0.2, 0) is 6.42 Å². The zero-order valence-corrected chi connectivity index (χ0v) is 12.8. The van der Waals surface area contributed by atoms with Crippen molar-refractivity contribution in [2.45, 2.75) is 25.3 Å². The summed E-state index contributed by atoms with van der Waals surface area (Å²) in [6, 6.07) is 15.2. The first-order valence-electron chi connectivity index (χ1n) is 7.38. The fourth-order valence-electron chi connectivity index (χ4n) is 2.64. The van der Waals surface area contributed by atoms with Crippen LogP contribution in [0.25, 0.3) is 0 Å². The summed E-state index contributed by atoms with van der Waals surface area (Å²) < 4.78 is 0. The van der Waals surface area contributed by atoms with Crippen molar-refractivity contribution < 1.29 is 4.92 Å². The lowest BCUT2D eigenvalue weighted by molar-refractivity contribution is -0.384. The summed E-state index contributed by atoms with van der Waals surface area (Å²) in [5.74, 6) is 0.645. The molecule has 1 aliphatic rings. The highest BCUT2D eigenvalue weighted by molar-refractivity contribution is 6.33. The van der Waals surface area contributed by atoms with Crippen molar-refractivity contribution in [3.05, 3.63) is 69.2 Å². The molecule has 2 aromatic carbocycles. The van der Waals surface area contributed by atoms with Gasteiger partial charge in [-0.1, -0.05) is 41.9 Å². The van der Waals surface area contributed by atoms with Crippen molar-refractivity contribution >= 4 is 23.0 Å². The molecule has 5 heteroatoms. The number of nitrogens with one attached hydrogen (secondary N) is 1. The molecule has 1 fully saturated rings. The molecule has 0 spiro atoms. The molecule has 1 saturated carbocycles. The molecule has 0 heterocycles. The van der Waals surface area contributed by atoms with E-state index < -0.39 is 4.92 Å². The SMILES string of the molecule is O=[N+]([O-])c1ccc(NC(Cc2ccccc2)C2CC2)c(Cl)c1. The van der Waals surface area contributed by atoms with Gasteiger partial charge >= 0.3 is 0 Å². The van der Waals surface area contributed by atoms with Crippen LogP contribution in [0.1, 0.15) is 18.4 Å². The minimum Gasteiger partial charge on any atom is -0.380 e. The summed E-state index contributed by atoms with van der Waals surface area (Å²) in [4.78, 5) is 10.3. The van der Waals surface area contributed by atoms with E-state index in [1.807, 2.05) is 18.2 Å². The zero-order chi connectivity index (χ0) is 15.5. The van der Waals surface area contributed by atoms with Crippen LogP contribution in [0.4, 0.5) is 11.4 Å². The van der Waals surface area contributed by atoms with Gasteiger partial charge in [0.25, 0.3) is 5.69 Å². The molecular formula is C17H17ClN2O2. The van der Waals surface area contributed by atoms with Gasteiger partial charge in [-0.3, -0.25) is 10.1 Å². The molecule has 1 aliphatic carbocycles. The third kappa shape index (κ3) is 3.57. The first-order valence-corrected chi connectivity index (χ1v) is 7.75. The lowest BCUT2D eigenvalue weighted by Crippen LogP contribution is -2.24. The predicted octanol–water partition coefficient (Wildman–Crippen LogP) is 4.68. The van der Waals surface area contributed by atoms with Crippen LogP contribution < -0.4 is 5.32 Å². The van der Waals surface area contributed by atoms with Gasteiger partial charge in [0.2, 0.25) is 0 Å². The topological polar surface area (TPSA) is 55.2 Å². The second-order valence-corrected chi connectivity index (χ2v) is 6.11. The van der Waals surface area contributed by atoms with E-state index in [-0.39, 0.29) is 5.69 Å². The molecular weight excluding hydrogens is 300 g/mol. The summed E-state index contributed by atoms with van der Waals surface area (Å²) in [5.41, 5.74) is 2.06. The molecule has 0 aliphatic heterocycles. The fraction of sp³-hybridized carbons (Fsp3) is 0.294. The smallest absolute Gasteiger partial charge is 0.271 e. The molecule has 0 saturated heterocycles. The number of nitro benzene ring substituents is 1. The van der Waals surface area contributed by atoms with Crippen molar-refractivity contribution in [1.29, 1.82) is 0 Å². The predicted molar refractivity (Wildman–Crippen MR) is 88.4 cm³/mol. The molecule has 1 N–H and O–H groups in total. The molecule has 0 bridgehead atoms. The van der Waals surface area contributed by atoms with Gasteiger partial charge in [-0.2, -0.15) is 0 Å². The second kappa shape index (κ2) is 6.36. The molecule has 4 nitrogen and oxygen atoms in total. The van der Waals surface area contributed by atoms with Gasteiger partial charge in [-0.25, -0.2) is 0 Å². The summed E-state index contributed by atoms with van der Waals surface area (Å²) >= 11 is 6.18. The Balaban J connectivity index is 1.75. The van der Waals surface area contributed by atoms with Gasteiger partial charge in [0.15, 0.2) is 0 Å². The fourth-order valence-corrected chi connectivity index (χ4v) is 2.87. The number of non-ortho nitro benzene ring substituents is 1. The maximum absolute atomic E-state index is 10.8. The van der Waals surface area contributed by atoms with E-state index in [0.717, 1.165) is 12.1 Å². The molecule has 1 unspecified atom stereocenters. The molecule has 0 aromatic heterocycles. The first-order chi connectivity index (χ1) is 10.6. The summed E-state index contributed by atoms with van der Waals surface area (Å²) in [6.07, 6.45) is 3.36. The molecule has 3 rings (SSSR count). The first kappa shape index (κ1) is 14.9. The van der Waals surface area contributed by atoms with Crippen LogP contribution in [0.3, 0.4) is 0 Å². The van der Waals surface area contributed by atoms with Gasteiger partial charge in [0.1, 0.15) is 0 Å². The Hall–Kier alpha value is -2.07. The van der Waals surface area contributed by atoms with Crippen LogP contribution in [0.2, 0.25) is 5.02 Å². The lowest BCUT2D eigenvalue weighted by atomic mass is 10.0. The highest BCUT2D eigenvalue weighted by atomic mass is 35.5. The van der Waals surface area contributed by atoms with Crippen molar-refractivity contribution in [3.8, 4) is 0 Å². The molecule has 0 radical (unpaired) electrons. The Labute approximate surface area is 134 Å². The highest BCUT2D eigenvalue weighted by Crippen LogP contribution is 2.37. The maximum atomic E-state index is 10.8. The van der Waals surface area contributed by atoms with E-state index in [1.54, 1.807) is 6.07 Å². The van der Waals surface area contributed by atoms with Crippen molar-refractivity contribution in [2.75, 3.05) is 5.32 Å². The van der Waals surface area contributed by atoms with E-state index in [4.69, 9.17) is 11.6 Å². The number of nitrogens with zero attached hydrogens (tertiary/aromatic N) is 1. The van der Waals surface area contributed by atoms with E-state index >= 15 is 0 Å². The number of benzene rings is 2. The zero-order valence-electron chi connectivity index (χ0n) is 12.0. The third-order valence-corrected chi connectivity index (χ3v) is 4.31. The Morgan fingerprint density at radius 1 is 1.23 bits per heavy atom. The van der Waals surface area contributed by atoms with Gasteiger partial charge < -0.3 is 5.32 Å². The van der Waals surface area contributed by atoms with Gasteiger partial charge in [-0.05, 0) is 36.8 Å². The number of anilines is 1. The minimum atomic E-state index is -0.433. The number of nitro groups is 1. The summed E-state index contributed by atoms with van der Waals surface area (Å²) in [5, 5.41) is 14.6. The van der Waals surface area contributed by atoms with Gasteiger partial charge in [-0.15, -0.1) is 0 Å². The quantitative estimate of drug-likeness (QED) is 0.621. The second-order valence-electron chi connectivity index (χ2n) is 5.70. The average Bonchev–Trinajstić information content (AvgIpc) is 3.34. The van der Waals surface area contributed by atoms with Crippen LogP contribution in [0.15, 0.2) is 48.5 Å². The minimum absolute atomic E-state index is 0.0154. The standard InChI is InChI=1S/C17H17ClN2O2/c18-15-11-14(20(21)22)8-9-16(15)19-17(13-6-7-13)10-12-4-2-1-3-5-12/h1-5,8-9,11,13,17,19H,6-7,10H2. The van der Waals surface area contributed by atoms with Crippen LogP contribution >= 0.6 is 11.6 Å². The number of rotatable bonds is 6. The third-order valence-electron chi connectivity index (χ3n) is 3.99. The molecule has 1 atom stereocenters. The molecule has 2 aromatic rings. The number of halogens is 1. The largest absolute Gasteiger partial charge is 0.380 e. The Morgan fingerprint density at radius 3 is 2.55 bits per heavy atom. The van der Waals surface area contributed by atoms with E-state index in [1.165, 1.54) is 30.5 Å². The maximum Gasteiger partial charge on any atom is 0.271 e. The number of hydrogen-bond donors (Lipinski definition) is 1. The van der Waals surface area contributed by atoms with Crippen LogP contribution in [0, 0.1) is 16.0 Å². The summed E-state index contributed by atoms with van der Waals surface area (Å²) in [6.45, 7) is 0. The Bertz CT molecular complexity index is 672. The van der Waals surface area contributed by atoms with E-state index in [2.05, 4.69) is 17.4 Å². The Morgan fingerprint density at radius 2 is 1.95 bits per heavy atom. The monoisotopic (exact) mass is 316 g/mol. The lowest BCUT2D eigenvalue weighted by Gasteiger charge is -2.20. The normalized spacial score (nSPS) is 15.3. The highest BCUT2D eigenvalue weighted by Gasteiger charge is 2.31.